The third-order valence-corrected chi connectivity index (χ3v) is 9.83. The van der Waals surface area contributed by atoms with Crippen molar-refractivity contribution in [3.8, 4) is 0 Å². The molecule has 7 atom stereocenters. The number of Topliss-reactive ketones (excluding diaryl/α,β-unsaturated/α-hetero) is 1. The third kappa shape index (κ3) is 2.70. The molecule has 3 fully saturated rings. The van der Waals surface area contributed by atoms with Crippen molar-refractivity contribution >= 4 is 22.7 Å². The number of hydrogen-bond acceptors (Lipinski definition) is 3. The van der Waals surface area contributed by atoms with Gasteiger partial charge in [-0.2, -0.15) is 0 Å². The van der Waals surface area contributed by atoms with Gasteiger partial charge in [-0.05, 0) is 86.9 Å². The lowest BCUT2D eigenvalue weighted by atomic mass is 9.47. The molecule has 0 amide bonds. The molecule has 0 heterocycles. The molecule has 4 aliphatic rings. The van der Waals surface area contributed by atoms with Crippen molar-refractivity contribution in [1.82, 2.24) is 0 Å². The number of carbonyl (C=O) groups is 1. The Bertz CT molecular complexity index is 659. The van der Waals surface area contributed by atoms with E-state index in [0.717, 1.165) is 30.6 Å². The molecular weight excluding hydrogens is 340 g/mol. The van der Waals surface area contributed by atoms with E-state index < -0.39 is 0 Å². The van der Waals surface area contributed by atoms with Gasteiger partial charge in [0, 0.05) is 11.2 Å². The zero-order chi connectivity index (χ0) is 18.7. The Morgan fingerprint density at radius 3 is 2.65 bits per heavy atom. The monoisotopic (exact) mass is 374 g/mol. The van der Waals surface area contributed by atoms with Gasteiger partial charge >= 0.3 is 0 Å². The van der Waals surface area contributed by atoms with Gasteiger partial charge in [-0.1, -0.05) is 37.3 Å². The summed E-state index contributed by atoms with van der Waals surface area (Å²) in [5, 5.41) is 8.37. The predicted octanol–water partition coefficient (Wildman–Crippen LogP) is 5.15. The van der Waals surface area contributed by atoms with E-state index in [9.17, 15) is 4.79 Å². The highest BCUT2D eigenvalue weighted by Gasteiger charge is 2.59. The molecule has 4 aliphatic carbocycles. The van der Waals surface area contributed by atoms with E-state index in [1.54, 1.807) is 17.3 Å². The van der Waals surface area contributed by atoms with Crippen LogP contribution >= 0.6 is 11.8 Å². The molecule has 3 saturated carbocycles. The molecule has 4 heteroatoms. The molecule has 0 bridgehead atoms. The first kappa shape index (κ1) is 18.6. The van der Waals surface area contributed by atoms with Crippen LogP contribution in [0.5, 0.6) is 0 Å². The van der Waals surface area contributed by atoms with Crippen molar-refractivity contribution in [2.75, 3.05) is 0 Å². The summed E-state index contributed by atoms with van der Waals surface area (Å²) >= 11 is 1.56. The highest BCUT2D eigenvalue weighted by molar-refractivity contribution is 8.14. The minimum atomic E-state index is 0.246. The zero-order valence-corrected chi connectivity index (χ0v) is 17.3. The van der Waals surface area contributed by atoms with E-state index in [4.69, 9.17) is 11.1 Å². The van der Waals surface area contributed by atoms with Crippen molar-refractivity contribution in [2.24, 2.45) is 40.2 Å². The maximum atomic E-state index is 12.2. The Hall–Kier alpha value is -0.770. The summed E-state index contributed by atoms with van der Waals surface area (Å²) in [6.45, 7) is 6.76. The van der Waals surface area contributed by atoms with Gasteiger partial charge in [0.25, 0.3) is 0 Å². The highest BCUT2D eigenvalue weighted by Crippen LogP contribution is 2.66. The van der Waals surface area contributed by atoms with E-state index in [1.165, 1.54) is 38.5 Å². The summed E-state index contributed by atoms with van der Waals surface area (Å²) in [6, 6.07) is 0. The van der Waals surface area contributed by atoms with E-state index in [2.05, 4.69) is 19.9 Å². The van der Waals surface area contributed by atoms with Crippen LogP contribution in [0.1, 0.15) is 72.1 Å². The number of allylic oxidation sites excluding steroid dienone is 2. The number of thioether (sulfide) groups is 1. The van der Waals surface area contributed by atoms with Crippen LogP contribution in [-0.4, -0.2) is 16.2 Å². The minimum Gasteiger partial charge on any atom is -0.379 e. The number of hydrogen-bond donors (Lipinski definition) is 2. The molecule has 0 aliphatic heterocycles. The van der Waals surface area contributed by atoms with Gasteiger partial charge in [0.2, 0.25) is 0 Å². The maximum absolute atomic E-state index is 12.2. The Kier molecular flexibility index (Phi) is 4.57. The minimum absolute atomic E-state index is 0.246. The lowest BCUT2D eigenvalue weighted by Crippen LogP contribution is -2.50. The number of rotatable bonds is 2. The fourth-order valence-electron chi connectivity index (χ4n) is 7.58. The standard InChI is InChI=1S/C22H34N2OS/c1-13(25)17-6-7-18-16-5-4-14-12-15(26-20(23)24)8-10-21(14,2)19(16)9-11-22(17,18)3/h4,15-19H,5-12H2,1-3H3,(H3,23,24). The summed E-state index contributed by atoms with van der Waals surface area (Å²) in [5.74, 6) is 3.01. The van der Waals surface area contributed by atoms with Crippen molar-refractivity contribution in [3.63, 3.8) is 0 Å². The number of amidine groups is 1. The normalized spacial score (nSPS) is 47.3. The summed E-state index contributed by atoms with van der Waals surface area (Å²) < 4.78 is 0. The lowest BCUT2D eigenvalue weighted by molar-refractivity contribution is -0.127. The van der Waals surface area contributed by atoms with E-state index in [-0.39, 0.29) is 10.6 Å². The van der Waals surface area contributed by atoms with E-state index >= 15 is 0 Å². The van der Waals surface area contributed by atoms with Gasteiger partial charge in [-0.3, -0.25) is 10.2 Å². The van der Waals surface area contributed by atoms with Crippen LogP contribution in [0.15, 0.2) is 11.6 Å². The molecule has 3 N–H and O–H groups in total. The average molecular weight is 375 g/mol. The molecule has 26 heavy (non-hydrogen) atoms. The van der Waals surface area contributed by atoms with Crippen molar-refractivity contribution in [3.05, 3.63) is 11.6 Å². The molecule has 4 rings (SSSR count). The largest absolute Gasteiger partial charge is 0.379 e. The second-order valence-electron chi connectivity index (χ2n) is 9.89. The molecule has 3 nitrogen and oxygen atoms in total. The first-order valence-corrected chi connectivity index (χ1v) is 11.3. The number of ketones is 1. The molecule has 0 aromatic carbocycles. The quantitative estimate of drug-likeness (QED) is 0.399. The molecule has 0 radical (unpaired) electrons. The van der Waals surface area contributed by atoms with Gasteiger partial charge in [0.15, 0.2) is 5.17 Å². The maximum Gasteiger partial charge on any atom is 0.151 e. The van der Waals surface area contributed by atoms with Crippen LogP contribution in [0.3, 0.4) is 0 Å². The van der Waals surface area contributed by atoms with Crippen LogP contribution in [0.2, 0.25) is 0 Å². The summed E-state index contributed by atoms with van der Waals surface area (Å²) in [6.07, 6.45) is 12.2. The Labute approximate surface area is 162 Å². The van der Waals surface area contributed by atoms with Crippen molar-refractivity contribution in [2.45, 2.75) is 77.4 Å². The molecule has 0 aromatic rings. The average Bonchev–Trinajstić information content (AvgIpc) is 2.92. The van der Waals surface area contributed by atoms with Crippen LogP contribution in [0.4, 0.5) is 0 Å². The van der Waals surface area contributed by atoms with Gasteiger partial charge < -0.3 is 5.73 Å². The SMILES string of the molecule is CC(=O)C1CCC2C3CC=C4CC(SC(=N)N)CCC4(C)C3CCC12C. The first-order valence-electron chi connectivity index (χ1n) is 10.5. The Balaban J connectivity index is 1.59. The van der Waals surface area contributed by atoms with E-state index in [0.29, 0.717) is 22.4 Å². The second-order valence-corrected chi connectivity index (χ2v) is 11.2. The summed E-state index contributed by atoms with van der Waals surface area (Å²) in [4.78, 5) is 12.2. The van der Waals surface area contributed by atoms with Gasteiger partial charge in [0.05, 0.1) is 0 Å². The molecule has 144 valence electrons. The number of fused-ring (bicyclic) bond motifs is 5. The van der Waals surface area contributed by atoms with Gasteiger partial charge in [-0.25, -0.2) is 0 Å². The molecule has 0 aromatic heterocycles. The highest BCUT2D eigenvalue weighted by atomic mass is 32.2. The van der Waals surface area contributed by atoms with Crippen molar-refractivity contribution < 1.29 is 4.79 Å². The second kappa shape index (κ2) is 6.39. The fourth-order valence-corrected chi connectivity index (χ4v) is 8.43. The Morgan fingerprint density at radius 2 is 1.96 bits per heavy atom. The van der Waals surface area contributed by atoms with Crippen LogP contribution in [0.25, 0.3) is 0 Å². The molecular formula is C22H34N2OS. The number of nitrogens with one attached hydrogen (secondary N) is 1. The summed E-state index contributed by atoms with van der Waals surface area (Å²) in [5.41, 5.74) is 7.87. The van der Waals surface area contributed by atoms with Gasteiger partial charge in [0.1, 0.15) is 5.78 Å². The number of carbonyl (C=O) groups excluding carboxylic acids is 1. The zero-order valence-electron chi connectivity index (χ0n) is 16.5. The number of nitrogens with two attached hydrogens (primary N) is 1. The topological polar surface area (TPSA) is 66.9 Å². The predicted molar refractivity (Wildman–Crippen MR) is 109 cm³/mol. The first-order chi connectivity index (χ1) is 12.3. The molecule has 0 spiro atoms. The molecule has 7 unspecified atom stereocenters. The van der Waals surface area contributed by atoms with Crippen molar-refractivity contribution in [1.29, 1.82) is 5.41 Å². The van der Waals surface area contributed by atoms with Crippen LogP contribution in [0, 0.1) is 39.9 Å². The lowest BCUT2D eigenvalue weighted by Gasteiger charge is -2.58. The van der Waals surface area contributed by atoms with Crippen LogP contribution < -0.4 is 5.73 Å². The van der Waals surface area contributed by atoms with Crippen LogP contribution in [-0.2, 0) is 4.79 Å². The molecule has 0 saturated heterocycles. The Morgan fingerprint density at radius 1 is 1.19 bits per heavy atom. The van der Waals surface area contributed by atoms with E-state index in [1.807, 2.05) is 6.92 Å². The summed E-state index contributed by atoms with van der Waals surface area (Å²) in [7, 11) is 0. The third-order valence-electron chi connectivity index (χ3n) is 8.84. The fraction of sp³-hybridized carbons (Fsp3) is 0.818. The van der Waals surface area contributed by atoms with Gasteiger partial charge in [-0.15, -0.1) is 0 Å². The smallest absolute Gasteiger partial charge is 0.151 e.